The molecular formula is C38H32ClNO5S2. The Hall–Kier alpha value is -4.08. The number of hydrogen-bond acceptors (Lipinski definition) is 7. The number of imide groups is 1. The molecule has 2 aliphatic heterocycles. The van der Waals surface area contributed by atoms with Gasteiger partial charge in [-0.05, 0) is 97.3 Å². The largest absolute Gasteiger partial charge is 0.422 e. The molecule has 0 bridgehead atoms. The van der Waals surface area contributed by atoms with E-state index in [2.05, 4.69) is 13.5 Å². The second-order valence-electron chi connectivity index (χ2n) is 11.9. The third-order valence-electron chi connectivity index (χ3n) is 9.11. The fourth-order valence-corrected chi connectivity index (χ4v) is 9.07. The number of ether oxygens (including phenoxy) is 2. The maximum atomic E-state index is 13.7. The number of thiophene rings is 2. The highest BCUT2D eigenvalue weighted by Crippen LogP contribution is 2.46. The van der Waals surface area contributed by atoms with Crippen LogP contribution in [0.2, 0.25) is 4.34 Å². The quantitative estimate of drug-likeness (QED) is 0.0803. The number of benzene rings is 2. The van der Waals surface area contributed by atoms with Gasteiger partial charge < -0.3 is 9.47 Å². The Morgan fingerprint density at radius 3 is 2.19 bits per heavy atom. The van der Waals surface area contributed by atoms with Crippen molar-refractivity contribution < 1.29 is 23.9 Å². The molecule has 47 heavy (non-hydrogen) atoms. The molecule has 4 atom stereocenters. The maximum Gasteiger partial charge on any atom is 0.353 e. The summed E-state index contributed by atoms with van der Waals surface area (Å²) in [6, 6.07) is 20.2. The third kappa shape index (κ3) is 5.84. The molecule has 1 aliphatic carbocycles. The third-order valence-corrected chi connectivity index (χ3v) is 11.3. The molecule has 0 radical (unpaired) electrons. The Morgan fingerprint density at radius 1 is 0.915 bits per heavy atom. The first-order chi connectivity index (χ1) is 22.7. The molecule has 3 aliphatic rings. The van der Waals surface area contributed by atoms with Crippen molar-refractivity contribution in [2.45, 2.75) is 45.3 Å². The highest BCUT2D eigenvalue weighted by molar-refractivity contribution is 7.16. The molecule has 2 aromatic carbocycles. The average molecular weight is 682 g/mol. The number of carbonyl (C=O) groups excluding carboxylic acids is 3. The van der Waals surface area contributed by atoms with Gasteiger partial charge in [0, 0.05) is 9.75 Å². The van der Waals surface area contributed by atoms with E-state index in [4.69, 9.17) is 21.1 Å². The molecule has 2 amide bonds. The Bertz CT molecular complexity index is 1950. The molecule has 7 rings (SSSR count). The molecule has 238 valence electrons. The van der Waals surface area contributed by atoms with Gasteiger partial charge in [0.2, 0.25) is 11.8 Å². The Kier molecular flexibility index (Phi) is 8.61. The fourth-order valence-electron chi connectivity index (χ4n) is 6.93. The molecule has 2 aromatic heterocycles. The summed E-state index contributed by atoms with van der Waals surface area (Å²) in [5, 5.41) is 0. The first kappa shape index (κ1) is 31.5. The number of amides is 2. The van der Waals surface area contributed by atoms with Crippen LogP contribution in [0.3, 0.4) is 0 Å². The molecule has 4 aromatic rings. The van der Waals surface area contributed by atoms with Gasteiger partial charge in [-0.1, -0.05) is 60.2 Å². The van der Waals surface area contributed by atoms with Crippen molar-refractivity contribution in [3.05, 3.63) is 121 Å². The minimum absolute atomic E-state index is 0.320. The smallest absolute Gasteiger partial charge is 0.353 e. The average Bonchev–Trinajstić information content (AvgIpc) is 3.88. The number of halogens is 1. The van der Waals surface area contributed by atoms with Gasteiger partial charge in [-0.25, -0.2) is 9.69 Å². The Labute approximate surface area is 286 Å². The predicted octanol–water partition coefficient (Wildman–Crippen LogP) is 9.17. The van der Waals surface area contributed by atoms with Crippen LogP contribution in [0.5, 0.6) is 5.75 Å². The standard InChI is InChI=1S/C38H32ClNO5S2/c1-4-30-34-35(31(45-30)18-13-23-9-6-5-7-10-23)37(42)40(36(34)41)24-14-16-25(17-15-24)44-38(43)32-19-28(21(2)46-32)26-11-8-12-27(26)29-20-33(39)47-22(29)3/h4-7,9-10,13-20,30-31,34-35H,1,8,11-12H2,2-3H3/b18-13+. The molecule has 2 saturated heterocycles. The maximum absolute atomic E-state index is 13.7. The molecule has 0 N–H and O–H groups in total. The number of anilines is 1. The number of esters is 1. The van der Waals surface area contributed by atoms with Crippen molar-refractivity contribution in [1.82, 2.24) is 0 Å². The highest BCUT2D eigenvalue weighted by Gasteiger charge is 2.58. The normalized spacial score (nSPS) is 22.5. The molecule has 4 unspecified atom stereocenters. The minimum atomic E-state index is -0.657. The van der Waals surface area contributed by atoms with Crippen LogP contribution in [0.4, 0.5) is 5.69 Å². The van der Waals surface area contributed by atoms with E-state index in [0.717, 1.165) is 39.6 Å². The van der Waals surface area contributed by atoms with E-state index in [0.29, 0.717) is 16.3 Å². The van der Waals surface area contributed by atoms with E-state index < -0.39 is 30.0 Å². The van der Waals surface area contributed by atoms with Crippen molar-refractivity contribution in [3.63, 3.8) is 0 Å². The number of nitrogens with zero attached hydrogens (tertiary/aromatic N) is 1. The van der Waals surface area contributed by atoms with Gasteiger partial charge in [0.05, 0.1) is 34.1 Å². The number of hydrogen-bond donors (Lipinski definition) is 0. The summed E-state index contributed by atoms with van der Waals surface area (Å²) in [6.45, 7) is 7.97. The van der Waals surface area contributed by atoms with Crippen LogP contribution < -0.4 is 9.64 Å². The lowest BCUT2D eigenvalue weighted by Crippen LogP contribution is -2.35. The molecule has 0 spiro atoms. The molecule has 0 saturated carbocycles. The van der Waals surface area contributed by atoms with E-state index in [1.54, 1.807) is 41.7 Å². The van der Waals surface area contributed by atoms with Gasteiger partial charge in [0.1, 0.15) is 10.6 Å². The number of aryl methyl sites for hydroxylation is 2. The summed E-state index contributed by atoms with van der Waals surface area (Å²) < 4.78 is 12.6. The first-order valence-electron chi connectivity index (χ1n) is 15.5. The van der Waals surface area contributed by atoms with Crippen molar-refractivity contribution in [2.24, 2.45) is 11.8 Å². The van der Waals surface area contributed by atoms with Crippen molar-refractivity contribution in [3.8, 4) is 5.75 Å². The van der Waals surface area contributed by atoms with Gasteiger partial charge in [-0.15, -0.1) is 29.3 Å². The SMILES string of the molecule is C=CC1OC(/C=C/c2ccccc2)C2C(=O)N(c3ccc(OC(=O)c4cc(C5=C(c6cc(Cl)sc6C)CCC5)c(C)s4)cc3)C(=O)C12. The molecule has 6 nitrogen and oxygen atoms in total. The van der Waals surface area contributed by atoms with E-state index >= 15 is 0 Å². The van der Waals surface area contributed by atoms with Crippen LogP contribution >= 0.6 is 34.3 Å². The lowest BCUT2D eigenvalue weighted by molar-refractivity contribution is -0.124. The van der Waals surface area contributed by atoms with Crippen LogP contribution in [0.25, 0.3) is 17.2 Å². The van der Waals surface area contributed by atoms with E-state index in [9.17, 15) is 14.4 Å². The van der Waals surface area contributed by atoms with Crippen LogP contribution in [0.15, 0.2) is 85.5 Å². The lowest BCUT2D eigenvalue weighted by atomic mass is 9.89. The van der Waals surface area contributed by atoms with Gasteiger partial charge in [-0.3, -0.25) is 9.59 Å². The summed E-state index contributed by atoms with van der Waals surface area (Å²) >= 11 is 9.32. The zero-order chi connectivity index (χ0) is 32.8. The zero-order valence-electron chi connectivity index (χ0n) is 25.9. The summed E-state index contributed by atoms with van der Waals surface area (Å²) in [6.07, 6.45) is 7.20. The summed E-state index contributed by atoms with van der Waals surface area (Å²) in [5.74, 6) is -2.09. The second kappa shape index (κ2) is 12.8. The monoisotopic (exact) mass is 681 g/mol. The van der Waals surface area contributed by atoms with Gasteiger partial charge in [0.15, 0.2) is 0 Å². The topological polar surface area (TPSA) is 72.9 Å². The summed E-state index contributed by atoms with van der Waals surface area (Å²) in [4.78, 5) is 44.5. The van der Waals surface area contributed by atoms with Crippen LogP contribution in [-0.4, -0.2) is 30.0 Å². The Morgan fingerprint density at radius 2 is 1.55 bits per heavy atom. The number of carbonyl (C=O) groups is 3. The van der Waals surface area contributed by atoms with E-state index in [1.165, 1.54) is 37.8 Å². The first-order valence-corrected chi connectivity index (χ1v) is 17.5. The summed E-state index contributed by atoms with van der Waals surface area (Å²) in [7, 11) is 0. The Balaban J connectivity index is 1.07. The zero-order valence-corrected chi connectivity index (χ0v) is 28.3. The van der Waals surface area contributed by atoms with Crippen molar-refractivity contribution in [2.75, 3.05) is 4.90 Å². The molecule has 2 fully saturated rings. The van der Waals surface area contributed by atoms with Gasteiger partial charge in [0.25, 0.3) is 0 Å². The predicted molar refractivity (Wildman–Crippen MR) is 189 cm³/mol. The van der Waals surface area contributed by atoms with Crippen LogP contribution in [-0.2, 0) is 14.3 Å². The minimum Gasteiger partial charge on any atom is -0.422 e. The molecule has 9 heteroatoms. The number of rotatable bonds is 8. The van der Waals surface area contributed by atoms with Gasteiger partial charge in [-0.2, -0.15) is 0 Å². The van der Waals surface area contributed by atoms with Gasteiger partial charge >= 0.3 is 5.97 Å². The highest BCUT2D eigenvalue weighted by atomic mass is 35.5. The molecule has 4 heterocycles. The van der Waals surface area contributed by atoms with Crippen molar-refractivity contribution in [1.29, 1.82) is 0 Å². The fraction of sp³-hybridized carbons (Fsp3) is 0.237. The van der Waals surface area contributed by atoms with E-state index in [-0.39, 0.29) is 11.8 Å². The lowest BCUT2D eigenvalue weighted by Gasteiger charge is -2.19. The number of allylic oxidation sites excluding steroid dienone is 2. The van der Waals surface area contributed by atoms with Crippen LogP contribution in [0.1, 0.15) is 55.4 Å². The van der Waals surface area contributed by atoms with Crippen molar-refractivity contribution >= 4 is 75.0 Å². The second-order valence-corrected chi connectivity index (χ2v) is 15.1. The number of fused-ring (bicyclic) bond motifs is 1. The van der Waals surface area contributed by atoms with E-state index in [1.807, 2.05) is 61.5 Å². The molecular weight excluding hydrogens is 650 g/mol. The van der Waals surface area contributed by atoms with Crippen LogP contribution in [0, 0.1) is 25.7 Å². The summed E-state index contributed by atoms with van der Waals surface area (Å²) in [5.41, 5.74) is 6.26.